The minimum atomic E-state index is -0.654. The molecule has 0 spiro atoms. The van der Waals surface area contributed by atoms with Gasteiger partial charge in [-0.25, -0.2) is 4.98 Å². The summed E-state index contributed by atoms with van der Waals surface area (Å²) >= 11 is 1.20. The van der Waals surface area contributed by atoms with Crippen LogP contribution >= 0.6 is 23.7 Å². The van der Waals surface area contributed by atoms with Gasteiger partial charge in [0.05, 0.1) is 31.3 Å². The third-order valence-corrected chi connectivity index (χ3v) is 3.68. The molecule has 1 aromatic heterocycles. The summed E-state index contributed by atoms with van der Waals surface area (Å²) in [4.78, 5) is 38.8. The largest absolute Gasteiger partial charge is 0.466 e. The molecule has 0 aliphatic heterocycles. The van der Waals surface area contributed by atoms with Crippen LogP contribution in [0.3, 0.4) is 0 Å². The first-order chi connectivity index (χ1) is 10.8. The van der Waals surface area contributed by atoms with Crippen LogP contribution in [0.4, 0.5) is 5.13 Å². The highest BCUT2D eigenvalue weighted by atomic mass is 35.5. The van der Waals surface area contributed by atoms with E-state index in [1.165, 1.54) is 11.3 Å². The normalized spacial score (nSPS) is 11.4. The molecule has 0 unspecified atom stereocenters. The molecule has 1 rings (SSSR count). The van der Waals surface area contributed by atoms with Gasteiger partial charge in [-0.2, -0.15) is 0 Å². The smallest absolute Gasteiger partial charge is 0.311 e. The van der Waals surface area contributed by atoms with Crippen molar-refractivity contribution in [1.29, 1.82) is 0 Å². The molecule has 24 heavy (non-hydrogen) atoms. The van der Waals surface area contributed by atoms with Crippen LogP contribution in [0.2, 0.25) is 0 Å². The van der Waals surface area contributed by atoms with E-state index in [1.54, 1.807) is 12.3 Å². The molecule has 1 heterocycles. The molecule has 10 heteroatoms. The number of hydrogen-bond acceptors (Lipinski definition) is 7. The van der Waals surface area contributed by atoms with Crippen molar-refractivity contribution in [2.24, 2.45) is 11.7 Å². The molecule has 2 amide bonds. The van der Waals surface area contributed by atoms with E-state index in [2.05, 4.69) is 15.6 Å². The summed E-state index contributed by atoms with van der Waals surface area (Å²) in [5.41, 5.74) is 6.20. The lowest BCUT2D eigenvalue weighted by Gasteiger charge is -2.14. The number of halogens is 1. The summed E-state index contributed by atoms with van der Waals surface area (Å²) in [6.45, 7) is 5.50. The number of amides is 2. The maximum absolute atomic E-state index is 11.8. The summed E-state index contributed by atoms with van der Waals surface area (Å²) < 4.78 is 4.82. The van der Waals surface area contributed by atoms with Gasteiger partial charge in [-0.05, 0) is 12.8 Å². The summed E-state index contributed by atoms with van der Waals surface area (Å²) in [5.74, 6) is -1.17. The van der Waals surface area contributed by atoms with Crippen molar-refractivity contribution in [2.45, 2.75) is 33.2 Å². The van der Waals surface area contributed by atoms with E-state index in [-0.39, 0.29) is 43.2 Å². The number of hydrogen-bond donors (Lipinski definition) is 3. The Hall–Kier alpha value is -1.71. The summed E-state index contributed by atoms with van der Waals surface area (Å²) in [7, 11) is 0. The number of nitrogens with zero attached hydrogens (tertiary/aromatic N) is 1. The molecule has 1 atom stereocenters. The van der Waals surface area contributed by atoms with Crippen LogP contribution in [-0.4, -0.2) is 42.0 Å². The second-order valence-corrected chi connectivity index (χ2v) is 6.02. The van der Waals surface area contributed by atoms with Gasteiger partial charge in [-0.1, -0.05) is 13.8 Å². The van der Waals surface area contributed by atoms with E-state index in [0.29, 0.717) is 17.4 Å². The zero-order chi connectivity index (χ0) is 17.4. The lowest BCUT2D eigenvalue weighted by Crippen LogP contribution is -2.46. The summed E-state index contributed by atoms with van der Waals surface area (Å²) in [6, 6.07) is -0.654. The molecule has 0 saturated heterocycles. The van der Waals surface area contributed by atoms with E-state index >= 15 is 0 Å². The van der Waals surface area contributed by atoms with Gasteiger partial charge < -0.3 is 21.1 Å². The lowest BCUT2D eigenvalue weighted by molar-refractivity contribution is -0.142. The van der Waals surface area contributed by atoms with E-state index in [0.717, 1.165) is 0 Å². The monoisotopic (exact) mass is 378 g/mol. The van der Waals surface area contributed by atoms with Crippen LogP contribution < -0.4 is 16.4 Å². The molecule has 0 aliphatic carbocycles. The van der Waals surface area contributed by atoms with Crippen LogP contribution in [0.5, 0.6) is 0 Å². The van der Waals surface area contributed by atoms with E-state index < -0.39 is 11.9 Å². The number of ether oxygens (including phenoxy) is 1. The van der Waals surface area contributed by atoms with Gasteiger partial charge in [0.25, 0.3) is 0 Å². The lowest BCUT2D eigenvalue weighted by atomic mass is 10.1. The first-order valence-electron chi connectivity index (χ1n) is 7.26. The van der Waals surface area contributed by atoms with Crippen molar-refractivity contribution < 1.29 is 19.1 Å². The van der Waals surface area contributed by atoms with Crippen LogP contribution in [0, 0.1) is 5.92 Å². The number of anilines is 1. The van der Waals surface area contributed by atoms with Gasteiger partial charge in [0.15, 0.2) is 5.13 Å². The number of carbonyl (C=O) groups is 3. The minimum absolute atomic E-state index is 0. The minimum Gasteiger partial charge on any atom is -0.466 e. The Morgan fingerprint density at radius 3 is 2.62 bits per heavy atom. The Balaban J connectivity index is 0.00000529. The molecule has 1 aromatic rings. The topological polar surface area (TPSA) is 123 Å². The highest BCUT2D eigenvalue weighted by Gasteiger charge is 2.18. The van der Waals surface area contributed by atoms with E-state index in [9.17, 15) is 14.4 Å². The highest BCUT2D eigenvalue weighted by molar-refractivity contribution is 7.13. The maximum atomic E-state index is 11.8. The van der Waals surface area contributed by atoms with Gasteiger partial charge in [0.2, 0.25) is 11.8 Å². The van der Waals surface area contributed by atoms with Crippen molar-refractivity contribution in [3.8, 4) is 0 Å². The first-order valence-corrected chi connectivity index (χ1v) is 8.14. The van der Waals surface area contributed by atoms with E-state index in [1.807, 2.05) is 13.8 Å². The third-order valence-electron chi connectivity index (χ3n) is 2.87. The predicted octanol–water partition coefficient (Wildman–Crippen LogP) is 0.708. The van der Waals surface area contributed by atoms with Gasteiger partial charge in [0, 0.05) is 5.38 Å². The van der Waals surface area contributed by atoms with Crippen molar-refractivity contribution in [3.63, 3.8) is 0 Å². The second-order valence-electron chi connectivity index (χ2n) is 5.16. The molecule has 4 N–H and O–H groups in total. The number of nitrogens with one attached hydrogen (secondary N) is 2. The van der Waals surface area contributed by atoms with Crippen molar-refractivity contribution in [1.82, 2.24) is 10.3 Å². The van der Waals surface area contributed by atoms with Crippen molar-refractivity contribution >= 4 is 46.7 Å². The number of carbonyl (C=O) groups excluding carboxylic acids is 3. The Bertz CT molecular complexity index is 565. The molecule has 0 fully saturated rings. The maximum Gasteiger partial charge on any atom is 0.311 e. The summed E-state index contributed by atoms with van der Waals surface area (Å²) in [6.07, 6.45) is 0.0557. The molecular weight excluding hydrogens is 356 g/mol. The highest BCUT2D eigenvalue weighted by Crippen LogP contribution is 2.15. The van der Waals surface area contributed by atoms with E-state index in [4.69, 9.17) is 10.5 Å². The molecule has 0 bridgehead atoms. The fourth-order valence-corrected chi connectivity index (χ4v) is 2.28. The molecule has 0 aromatic carbocycles. The van der Waals surface area contributed by atoms with Crippen LogP contribution in [0.25, 0.3) is 0 Å². The molecule has 8 nitrogen and oxygen atoms in total. The number of thiazole rings is 1. The number of nitrogens with two attached hydrogens (primary N) is 1. The molecule has 0 saturated carbocycles. The standard InChI is InChI=1S/C14H22N4O4S.ClH/c1-4-22-11(20)5-9-7-23-14(17-9)18-10(19)6-16-13(21)12(15)8(2)3;/h7-8,12H,4-6,15H2,1-3H3,(H,16,21)(H,17,18,19);1H/t12-;/m0./s1. The molecular formula is C14H23ClN4O4S. The zero-order valence-electron chi connectivity index (χ0n) is 13.8. The Morgan fingerprint density at radius 2 is 2.04 bits per heavy atom. The predicted molar refractivity (Wildman–Crippen MR) is 94.2 cm³/mol. The van der Waals surface area contributed by atoms with Crippen LogP contribution in [0.15, 0.2) is 5.38 Å². The SMILES string of the molecule is CCOC(=O)Cc1csc(NC(=O)CNC(=O)[C@@H](N)C(C)C)n1.Cl. The van der Waals surface area contributed by atoms with Gasteiger partial charge >= 0.3 is 5.97 Å². The number of esters is 1. The number of rotatable bonds is 8. The van der Waals surface area contributed by atoms with Crippen LogP contribution in [-0.2, 0) is 25.5 Å². The molecule has 0 aliphatic rings. The second kappa shape index (κ2) is 11.0. The Kier molecular flexibility index (Phi) is 10.2. The molecule has 0 radical (unpaired) electrons. The fourth-order valence-electron chi connectivity index (χ4n) is 1.56. The van der Waals surface area contributed by atoms with Crippen molar-refractivity contribution in [2.75, 3.05) is 18.5 Å². The average molecular weight is 379 g/mol. The quantitative estimate of drug-likeness (QED) is 0.572. The van der Waals surface area contributed by atoms with Crippen molar-refractivity contribution in [3.05, 3.63) is 11.1 Å². The summed E-state index contributed by atoms with van der Waals surface area (Å²) in [5, 5.41) is 7.04. The van der Waals surface area contributed by atoms with Gasteiger partial charge in [0.1, 0.15) is 0 Å². The fraction of sp³-hybridized carbons (Fsp3) is 0.571. The third kappa shape index (κ3) is 7.71. The average Bonchev–Trinajstić information content (AvgIpc) is 2.90. The zero-order valence-corrected chi connectivity index (χ0v) is 15.5. The van der Waals surface area contributed by atoms with Gasteiger partial charge in [-0.3, -0.25) is 14.4 Å². The van der Waals surface area contributed by atoms with Gasteiger partial charge in [-0.15, -0.1) is 23.7 Å². The Morgan fingerprint density at radius 1 is 1.38 bits per heavy atom. The first kappa shape index (κ1) is 22.3. The molecule has 136 valence electrons. The number of aromatic nitrogens is 1. The Labute approximate surface area is 150 Å². The van der Waals surface area contributed by atoms with Crippen LogP contribution in [0.1, 0.15) is 26.5 Å².